The molecule has 1 aromatic rings. The van der Waals surface area contributed by atoms with Gasteiger partial charge in [0, 0.05) is 0 Å². The third kappa shape index (κ3) is 4.40. The molecule has 0 aromatic heterocycles. The first-order valence-electron chi connectivity index (χ1n) is 4.82. The Labute approximate surface area is 88.8 Å². The summed E-state index contributed by atoms with van der Waals surface area (Å²) in [5.74, 6) is 0. The van der Waals surface area contributed by atoms with Crippen LogP contribution < -0.4 is 0 Å². The Balaban J connectivity index is 2.22. The third-order valence-corrected chi connectivity index (χ3v) is 2.03. The van der Waals surface area contributed by atoms with Crippen LogP contribution in [-0.2, 0) is 11.3 Å². The van der Waals surface area contributed by atoms with Crippen molar-refractivity contribution >= 4 is 0 Å². The summed E-state index contributed by atoms with van der Waals surface area (Å²) in [7, 11) is 0. The van der Waals surface area contributed by atoms with Gasteiger partial charge in [-0.2, -0.15) is 0 Å². The number of ether oxygens (including phenoxy) is 1. The number of aliphatic hydroxyl groups excluding tert-OH is 3. The highest BCUT2D eigenvalue weighted by atomic mass is 16.5. The van der Waals surface area contributed by atoms with Crippen molar-refractivity contribution in [3.05, 3.63) is 35.9 Å². The van der Waals surface area contributed by atoms with Gasteiger partial charge in [0.2, 0.25) is 0 Å². The fourth-order valence-electron chi connectivity index (χ4n) is 1.10. The molecule has 3 N–H and O–H groups in total. The Morgan fingerprint density at radius 1 is 1.07 bits per heavy atom. The Morgan fingerprint density at radius 2 is 1.73 bits per heavy atom. The molecular formula is C11H16O4. The Morgan fingerprint density at radius 3 is 2.33 bits per heavy atom. The van der Waals surface area contributed by atoms with Gasteiger partial charge in [-0.05, 0) is 5.56 Å². The van der Waals surface area contributed by atoms with Gasteiger partial charge in [0.1, 0.15) is 12.2 Å². The normalized spacial score (nSPS) is 14.9. The van der Waals surface area contributed by atoms with Crippen molar-refractivity contribution in [1.29, 1.82) is 0 Å². The molecule has 0 unspecified atom stereocenters. The molecule has 0 saturated heterocycles. The van der Waals surface area contributed by atoms with Crippen molar-refractivity contribution in [2.45, 2.75) is 18.8 Å². The van der Waals surface area contributed by atoms with E-state index < -0.39 is 18.8 Å². The maximum Gasteiger partial charge on any atom is 0.105 e. The largest absolute Gasteiger partial charge is 0.394 e. The van der Waals surface area contributed by atoms with Crippen LogP contribution in [-0.4, -0.2) is 40.7 Å². The van der Waals surface area contributed by atoms with Gasteiger partial charge >= 0.3 is 0 Å². The van der Waals surface area contributed by atoms with Crippen molar-refractivity contribution in [3.8, 4) is 0 Å². The highest BCUT2D eigenvalue weighted by Crippen LogP contribution is 2.02. The SMILES string of the molecule is OC[C@H](O)[C@@H](O)COCc1ccccc1. The van der Waals surface area contributed by atoms with E-state index in [1.54, 1.807) is 0 Å². The molecule has 1 aromatic carbocycles. The van der Waals surface area contributed by atoms with Crippen LogP contribution >= 0.6 is 0 Å². The first-order valence-corrected chi connectivity index (χ1v) is 4.82. The van der Waals surface area contributed by atoms with E-state index >= 15 is 0 Å². The van der Waals surface area contributed by atoms with Gasteiger partial charge in [-0.15, -0.1) is 0 Å². The Bertz CT molecular complexity index is 263. The van der Waals surface area contributed by atoms with Crippen LogP contribution in [0.25, 0.3) is 0 Å². The maximum absolute atomic E-state index is 9.26. The molecule has 4 nitrogen and oxygen atoms in total. The summed E-state index contributed by atoms with van der Waals surface area (Å²) in [5.41, 5.74) is 1.00. The third-order valence-electron chi connectivity index (χ3n) is 2.03. The van der Waals surface area contributed by atoms with Gasteiger partial charge in [0.15, 0.2) is 0 Å². The first-order chi connectivity index (χ1) is 7.24. The van der Waals surface area contributed by atoms with Crippen molar-refractivity contribution in [1.82, 2.24) is 0 Å². The van der Waals surface area contributed by atoms with Crippen molar-refractivity contribution in [3.63, 3.8) is 0 Å². The minimum atomic E-state index is -1.14. The van der Waals surface area contributed by atoms with Crippen LogP contribution in [0.15, 0.2) is 30.3 Å². The molecule has 0 radical (unpaired) electrons. The van der Waals surface area contributed by atoms with Crippen LogP contribution in [0.4, 0.5) is 0 Å². The quantitative estimate of drug-likeness (QED) is 0.616. The van der Waals surface area contributed by atoms with Gasteiger partial charge < -0.3 is 20.1 Å². The fourth-order valence-corrected chi connectivity index (χ4v) is 1.10. The minimum absolute atomic E-state index is 0.0105. The van der Waals surface area contributed by atoms with E-state index in [0.29, 0.717) is 6.61 Å². The number of hydrogen-bond donors (Lipinski definition) is 3. The molecule has 0 aliphatic rings. The van der Waals surface area contributed by atoms with E-state index in [1.165, 1.54) is 0 Å². The molecule has 0 spiro atoms. The maximum atomic E-state index is 9.26. The van der Waals surface area contributed by atoms with E-state index in [0.717, 1.165) is 5.56 Å². The predicted octanol–water partition coefficient (Wildman–Crippen LogP) is -0.0827. The average molecular weight is 212 g/mol. The molecule has 84 valence electrons. The standard InChI is InChI=1S/C11H16O4/c12-6-10(13)11(14)8-15-7-9-4-2-1-3-5-9/h1-5,10-14H,6-8H2/t10-,11-/m0/s1. The topological polar surface area (TPSA) is 69.9 Å². The van der Waals surface area contributed by atoms with Crippen LogP contribution in [0.1, 0.15) is 5.56 Å². The summed E-state index contributed by atoms with van der Waals surface area (Å²) in [6.07, 6.45) is -2.18. The fraction of sp³-hybridized carbons (Fsp3) is 0.455. The van der Waals surface area contributed by atoms with E-state index in [9.17, 15) is 5.11 Å². The van der Waals surface area contributed by atoms with Crippen molar-refractivity contribution in [2.75, 3.05) is 13.2 Å². The zero-order valence-corrected chi connectivity index (χ0v) is 8.41. The van der Waals surface area contributed by atoms with Crippen molar-refractivity contribution < 1.29 is 20.1 Å². The molecule has 0 fully saturated rings. The highest BCUT2D eigenvalue weighted by Gasteiger charge is 2.14. The molecule has 0 amide bonds. The summed E-state index contributed by atoms with van der Waals surface area (Å²) in [4.78, 5) is 0. The van der Waals surface area contributed by atoms with Crippen LogP contribution in [0, 0.1) is 0 Å². The second-order valence-electron chi connectivity index (χ2n) is 3.32. The van der Waals surface area contributed by atoms with Gasteiger partial charge in [-0.1, -0.05) is 30.3 Å². The van der Waals surface area contributed by atoms with Gasteiger partial charge in [-0.25, -0.2) is 0 Å². The molecule has 0 saturated carbocycles. The molecule has 0 aliphatic heterocycles. The molecule has 0 aliphatic carbocycles. The van der Waals surface area contributed by atoms with E-state index in [-0.39, 0.29) is 6.61 Å². The van der Waals surface area contributed by atoms with Gasteiger partial charge in [0.05, 0.1) is 19.8 Å². The van der Waals surface area contributed by atoms with E-state index in [1.807, 2.05) is 30.3 Å². The van der Waals surface area contributed by atoms with Gasteiger partial charge in [-0.3, -0.25) is 0 Å². The molecule has 4 heteroatoms. The summed E-state index contributed by atoms with van der Waals surface area (Å²) in [5, 5.41) is 26.9. The average Bonchev–Trinajstić information content (AvgIpc) is 2.29. The zero-order chi connectivity index (χ0) is 11.1. The number of rotatable bonds is 6. The van der Waals surface area contributed by atoms with E-state index in [4.69, 9.17) is 14.9 Å². The molecule has 0 heterocycles. The first kappa shape index (κ1) is 12.1. The van der Waals surface area contributed by atoms with Crippen LogP contribution in [0.5, 0.6) is 0 Å². The number of aliphatic hydroxyl groups is 3. The minimum Gasteiger partial charge on any atom is -0.394 e. The Kier molecular flexibility index (Phi) is 5.28. The predicted molar refractivity (Wildman–Crippen MR) is 55.2 cm³/mol. The Hall–Kier alpha value is -0.940. The lowest BCUT2D eigenvalue weighted by atomic mass is 10.2. The summed E-state index contributed by atoms with van der Waals surface area (Å²) >= 11 is 0. The second kappa shape index (κ2) is 6.53. The molecule has 2 atom stereocenters. The monoisotopic (exact) mass is 212 g/mol. The number of benzene rings is 1. The van der Waals surface area contributed by atoms with Crippen LogP contribution in [0.3, 0.4) is 0 Å². The smallest absolute Gasteiger partial charge is 0.105 e. The van der Waals surface area contributed by atoms with Crippen molar-refractivity contribution in [2.24, 2.45) is 0 Å². The summed E-state index contributed by atoms with van der Waals surface area (Å²) in [6.45, 7) is -0.0669. The lowest BCUT2D eigenvalue weighted by Crippen LogP contribution is -2.33. The molecular weight excluding hydrogens is 196 g/mol. The van der Waals surface area contributed by atoms with Crippen LogP contribution in [0.2, 0.25) is 0 Å². The summed E-state index contributed by atoms with van der Waals surface area (Å²) in [6, 6.07) is 9.53. The molecule has 0 bridgehead atoms. The number of hydrogen-bond acceptors (Lipinski definition) is 4. The lowest BCUT2D eigenvalue weighted by molar-refractivity contribution is -0.0600. The lowest BCUT2D eigenvalue weighted by Gasteiger charge is -2.15. The zero-order valence-electron chi connectivity index (χ0n) is 8.41. The summed E-state index contributed by atoms with van der Waals surface area (Å²) < 4.78 is 5.18. The second-order valence-corrected chi connectivity index (χ2v) is 3.32. The van der Waals surface area contributed by atoms with E-state index in [2.05, 4.69) is 0 Å². The molecule has 15 heavy (non-hydrogen) atoms. The highest BCUT2D eigenvalue weighted by molar-refractivity contribution is 5.13. The molecule has 1 rings (SSSR count). The van der Waals surface area contributed by atoms with Gasteiger partial charge in [0.25, 0.3) is 0 Å².